The van der Waals surface area contributed by atoms with Gasteiger partial charge in [-0.3, -0.25) is 9.88 Å². The van der Waals surface area contributed by atoms with Crippen LogP contribution in [-0.2, 0) is 11.3 Å². The van der Waals surface area contributed by atoms with Crippen molar-refractivity contribution < 1.29 is 4.74 Å². The molecule has 1 aromatic carbocycles. The van der Waals surface area contributed by atoms with E-state index in [1.54, 1.807) is 0 Å². The Balaban J connectivity index is 1.55. The Hall–Kier alpha value is -2.35. The van der Waals surface area contributed by atoms with Crippen molar-refractivity contribution in [2.75, 3.05) is 13.2 Å². The maximum absolute atomic E-state index is 6.24. The molecule has 1 aliphatic carbocycles. The van der Waals surface area contributed by atoms with E-state index in [0.29, 0.717) is 6.04 Å². The van der Waals surface area contributed by atoms with Gasteiger partial charge in [-0.05, 0) is 65.4 Å². The first-order valence-corrected chi connectivity index (χ1v) is 11.9. The average molecular weight is 453 g/mol. The molecule has 0 N–H and O–H groups in total. The minimum atomic E-state index is -0.104. The molecular formula is C24H29ClN6O. The summed E-state index contributed by atoms with van der Waals surface area (Å²) in [4.78, 5) is 6.77. The van der Waals surface area contributed by atoms with Gasteiger partial charge in [-0.25, -0.2) is 4.68 Å². The van der Waals surface area contributed by atoms with E-state index in [4.69, 9.17) is 16.3 Å². The van der Waals surface area contributed by atoms with Gasteiger partial charge in [-0.2, -0.15) is 0 Å². The predicted octanol–water partition coefficient (Wildman–Crippen LogP) is 4.61. The van der Waals surface area contributed by atoms with E-state index in [9.17, 15) is 0 Å². The summed E-state index contributed by atoms with van der Waals surface area (Å²) in [6, 6.07) is 12.4. The molecule has 3 aromatic rings. The molecule has 2 aromatic heterocycles. The molecule has 0 unspecified atom stereocenters. The van der Waals surface area contributed by atoms with Crippen LogP contribution in [0.4, 0.5) is 0 Å². The van der Waals surface area contributed by atoms with Gasteiger partial charge in [0.25, 0.3) is 0 Å². The van der Waals surface area contributed by atoms with Crippen molar-refractivity contribution in [2.24, 2.45) is 0 Å². The molecule has 2 atom stereocenters. The second kappa shape index (κ2) is 10.1. The van der Waals surface area contributed by atoms with Crippen LogP contribution in [0, 0.1) is 0 Å². The van der Waals surface area contributed by atoms with Crippen molar-refractivity contribution in [3.05, 3.63) is 70.8 Å². The largest absolute Gasteiger partial charge is 0.377 e. The minimum Gasteiger partial charge on any atom is -0.377 e. The van der Waals surface area contributed by atoms with Gasteiger partial charge in [-0.1, -0.05) is 42.6 Å². The molecule has 1 saturated carbocycles. The average Bonchev–Trinajstić information content (AvgIpc) is 3.59. The van der Waals surface area contributed by atoms with E-state index in [0.717, 1.165) is 67.4 Å². The van der Waals surface area contributed by atoms with E-state index < -0.39 is 0 Å². The molecule has 168 valence electrons. The maximum Gasteiger partial charge on any atom is 0.173 e. The fourth-order valence-electron chi connectivity index (χ4n) is 5.00. The van der Waals surface area contributed by atoms with Gasteiger partial charge in [0.2, 0.25) is 0 Å². The smallest absolute Gasteiger partial charge is 0.173 e. The normalized spacial score (nSPS) is 20.2. The first kappa shape index (κ1) is 21.5. The van der Waals surface area contributed by atoms with Gasteiger partial charge in [0.05, 0.1) is 18.2 Å². The fourth-order valence-corrected chi connectivity index (χ4v) is 5.12. The second-order valence-electron chi connectivity index (χ2n) is 8.80. The van der Waals surface area contributed by atoms with Gasteiger partial charge in [-0.15, -0.1) is 5.10 Å². The van der Waals surface area contributed by atoms with Crippen molar-refractivity contribution in [2.45, 2.75) is 63.3 Å². The summed E-state index contributed by atoms with van der Waals surface area (Å²) in [6.07, 6.45) is 10.8. The molecule has 8 heteroatoms. The van der Waals surface area contributed by atoms with E-state index in [2.05, 4.69) is 48.3 Å². The van der Waals surface area contributed by atoms with Gasteiger partial charge < -0.3 is 4.74 Å². The zero-order chi connectivity index (χ0) is 21.8. The van der Waals surface area contributed by atoms with Gasteiger partial charge in [0.15, 0.2) is 5.82 Å². The lowest BCUT2D eigenvalue weighted by Crippen LogP contribution is -2.37. The summed E-state index contributed by atoms with van der Waals surface area (Å²) >= 11 is 6.24. The number of hydrogen-bond donors (Lipinski definition) is 0. The first-order valence-electron chi connectivity index (χ1n) is 11.6. The monoisotopic (exact) mass is 452 g/mol. The quantitative estimate of drug-likeness (QED) is 0.497. The summed E-state index contributed by atoms with van der Waals surface area (Å²) < 4.78 is 8.10. The van der Waals surface area contributed by atoms with Crippen LogP contribution < -0.4 is 0 Å². The lowest BCUT2D eigenvalue weighted by Gasteiger charge is -2.33. The van der Waals surface area contributed by atoms with Crippen LogP contribution in [0.2, 0.25) is 5.02 Å². The third-order valence-corrected chi connectivity index (χ3v) is 6.81. The molecule has 32 heavy (non-hydrogen) atoms. The van der Waals surface area contributed by atoms with Crippen LogP contribution in [0.15, 0.2) is 48.8 Å². The highest BCUT2D eigenvalue weighted by molar-refractivity contribution is 6.30. The number of halogens is 1. The Bertz CT molecular complexity index is 983. The molecule has 7 nitrogen and oxygen atoms in total. The van der Waals surface area contributed by atoms with Crippen LogP contribution in [0.3, 0.4) is 0 Å². The third-order valence-electron chi connectivity index (χ3n) is 6.55. The van der Waals surface area contributed by atoms with Crippen LogP contribution >= 0.6 is 11.6 Å². The maximum atomic E-state index is 6.24. The Morgan fingerprint density at radius 1 is 1.09 bits per heavy atom. The molecule has 3 heterocycles. The Labute approximate surface area is 193 Å². The molecule has 1 aliphatic heterocycles. The number of hydrogen-bond acceptors (Lipinski definition) is 6. The van der Waals surface area contributed by atoms with E-state index in [-0.39, 0.29) is 12.1 Å². The Kier molecular flexibility index (Phi) is 6.76. The Morgan fingerprint density at radius 2 is 1.94 bits per heavy atom. The lowest BCUT2D eigenvalue weighted by molar-refractivity contribution is 0.0571. The van der Waals surface area contributed by atoms with Crippen LogP contribution in [-0.4, -0.2) is 49.3 Å². The highest BCUT2D eigenvalue weighted by Gasteiger charge is 2.33. The number of pyridine rings is 1. The van der Waals surface area contributed by atoms with Crippen LogP contribution in [0.25, 0.3) is 0 Å². The highest BCUT2D eigenvalue weighted by Crippen LogP contribution is 2.35. The van der Waals surface area contributed by atoms with Crippen molar-refractivity contribution in [1.29, 1.82) is 0 Å². The molecule has 1 saturated heterocycles. The first-order chi connectivity index (χ1) is 15.8. The summed E-state index contributed by atoms with van der Waals surface area (Å²) in [5, 5.41) is 13.9. The summed E-state index contributed by atoms with van der Waals surface area (Å²) in [7, 11) is 0. The zero-order valence-corrected chi connectivity index (χ0v) is 18.9. The van der Waals surface area contributed by atoms with Gasteiger partial charge >= 0.3 is 0 Å². The van der Waals surface area contributed by atoms with E-state index in [1.807, 2.05) is 30.6 Å². The SMILES string of the molecule is Clc1ccc([C@@H](c2nnnn2C2CCCC2)N(Cc2cccnc2)C[C@H]2CCCO2)cc1. The van der Waals surface area contributed by atoms with Crippen molar-refractivity contribution in [1.82, 2.24) is 30.1 Å². The van der Waals surface area contributed by atoms with E-state index >= 15 is 0 Å². The molecule has 5 rings (SSSR count). The standard InChI is InChI=1S/C24H29ClN6O/c25-20-11-9-19(10-12-20)23(24-27-28-29-31(24)21-6-1-2-7-21)30(17-22-8-4-14-32-22)16-18-5-3-13-26-15-18/h3,5,9-13,15,21-23H,1-2,4,6-8,14,16-17H2/t22-,23+/m1/s1. The van der Waals surface area contributed by atoms with E-state index in [1.165, 1.54) is 12.8 Å². The molecule has 2 fully saturated rings. The number of aromatic nitrogens is 5. The summed E-state index contributed by atoms with van der Waals surface area (Å²) in [6.45, 7) is 2.37. The summed E-state index contributed by atoms with van der Waals surface area (Å²) in [5.74, 6) is 0.890. The fraction of sp³-hybridized carbons (Fsp3) is 0.500. The molecule has 0 radical (unpaired) electrons. The molecular weight excluding hydrogens is 424 g/mol. The minimum absolute atomic E-state index is 0.104. The highest BCUT2D eigenvalue weighted by atomic mass is 35.5. The zero-order valence-electron chi connectivity index (χ0n) is 18.2. The number of ether oxygens (including phenoxy) is 1. The van der Waals surface area contributed by atoms with Crippen molar-refractivity contribution >= 4 is 11.6 Å². The second-order valence-corrected chi connectivity index (χ2v) is 9.24. The molecule has 0 spiro atoms. The van der Waals surface area contributed by atoms with Crippen molar-refractivity contribution in [3.8, 4) is 0 Å². The topological polar surface area (TPSA) is 69.0 Å². The number of tetrazole rings is 1. The number of benzene rings is 1. The van der Waals surface area contributed by atoms with Gasteiger partial charge in [0.1, 0.15) is 0 Å². The lowest BCUT2D eigenvalue weighted by atomic mass is 10.0. The van der Waals surface area contributed by atoms with Crippen molar-refractivity contribution in [3.63, 3.8) is 0 Å². The summed E-state index contributed by atoms with van der Waals surface area (Å²) in [5.41, 5.74) is 2.29. The molecule has 0 amide bonds. The predicted molar refractivity (Wildman–Crippen MR) is 122 cm³/mol. The molecule has 2 aliphatic rings. The molecule has 0 bridgehead atoms. The van der Waals surface area contributed by atoms with Gasteiger partial charge in [0, 0.05) is 37.1 Å². The third kappa shape index (κ3) is 4.85. The number of rotatable bonds is 8. The van der Waals surface area contributed by atoms with Crippen LogP contribution in [0.1, 0.15) is 67.6 Å². The Morgan fingerprint density at radius 3 is 2.66 bits per heavy atom. The number of nitrogens with zero attached hydrogens (tertiary/aromatic N) is 6. The van der Waals surface area contributed by atoms with Crippen LogP contribution in [0.5, 0.6) is 0 Å².